The summed E-state index contributed by atoms with van der Waals surface area (Å²) in [7, 11) is 0. The summed E-state index contributed by atoms with van der Waals surface area (Å²) in [5.41, 5.74) is 6.50. The number of nitrogens with one attached hydrogen (secondary N) is 1. The lowest BCUT2D eigenvalue weighted by molar-refractivity contribution is 0.0948. The van der Waals surface area contributed by atoms with Crippen LogP contribution in [0.4, 0.5) is 10.1 Å². The number of halogens is 1. The van der Waals surface area contributed by atoms with Crippen LogP contribution in [0.3, 0.4) is 0 Å². The van der Waals surface area contributed by atoms with E-state index in [9.17, 15) is 9.18 Å². The number of carbonyl (C=O) groups excluding carboxylic acids is 1. The molecule has 0 aromatic heterocycles. The van der Waals surface area contributed by atoms with Crippen molar-refractivity contribution < 1.29 is 9.18 Å². The van der Waals surface area contributed by atoms with Crippen LogP contribution in [0, 0.1) is 18.7 Å². The molecule has 1 amide bonds. The predicted octanol–water partition coefficient (Wildman–Crippen LogP) is 4.05. The molecule has 0 aliphatic heterocycles. The van der Waals surface area contributed by atoms with Gasteiger partial charge in [0.2, 0.25) is 0 Å². The van der Waals surface area contributed by atoms with E-state index in [-0.39, 0.29) is 11.5 Å². The van der Waals surface area contributed by atoms with Crippen LogP contribution in [0.1, 0.15) is 61.9 Å². The highest BCUT2D eigenvalue weighted by Crippen LogP contribution is 2.17. The van der Waals surface area contributed by atoms with Gasteiger partial charge in [0.05, 0.1) is 5.56 Å². The van der Waals surface area contributed by atoms with Gasteiger partial charge in [-0.1, -0.05) is 39.5 Å². The molecule has 0 atom stereocenters. The average molecular weight is 294 g/mol. The van der Waals surface area contributed by atoms with Crippen LogP contribution in [0.15, 0.2) is 12.1 Å². The normalized spacial score (nSPS) is 10.9. The molecule has 118 valence electrons. The molecule has 0 heterocycles. The second kappa shape index (κ2) is 8.65. The van der Waals surface area contributed by atoms with E-state index in [1.165, 1.54) is 31.4 Å². The Morgan fingerprint density at radius 1 is 1.24 bits per heavy atom. The minimum atomic E-state index is -0.487. The maximum absolute atomic E-state index is 13.9. The summed E-state index contributed by atoms with van der Waals surface area (Å²) in [5, 5.41) is 2.76. The maximum atomic E-state index is 13.9. The smallest absolute Gasteiger partial charge is 0.254 e. The quantitative estimate of drug-likeness (QED) is 0.561. The van der Waals surface area contributed by atoms with Crippen molar-refractivity contribution in [1.82, 2.24) is 5.32 Å². The van der Waals surface area contributed by atoms with Crippen molar-refractivity contribution in [2.45, 2.75) is 52.9 Å². The number of nitrogens with two attached hydrogens (primary N) is 1. The Kier molecular flexibility index (Phi) is 7.20. The van der Waals surface area contributed by atoms with Gasteiger partial charge in [-0.25, -0.2) is 4.39 Å². The molecule has 0 fully saturated rings. The van der Waals surface area contributed by atoms with E-state index in [4.69, 9.17) is 5.73 Å². The maximum Gasteiger partial charge on any atom is 0.254 e. The molecule has 0 unspecified atom stereocenters. The Hall–Kier alpha value is -1.58. The number of unbranched alkanes of at least 4 members (excludes halogenated alkanes) is 3. The topological polar surface area (TPSA) is 55.1 Å². The lowest BCUT2D eigenvalue weighted by atomic mass is 10.0. The van der Waals surface area contributed by atoms with E-state index < -0.39 is 5.82 Å². The van der Waals surface area contributed by atoms with E-state index in [0.29, 0.717) is 17.8 Å². The highest BCUT2D eigenvalue weighted by atomic mass is 19.1. The van der Waals surface area contributed by atoms with Crippen LogP contribution in [-0.4, -0.2) is 12.5 Å². The number of aryl methyl sites for hydroxylation is 1. The lowest BCUT2D eigenvalue weighted by Gasteiger charge is -2.09. The molecule has 0 aliphatic rings. The fourth-order valence-electron chi connectivity index (χ4n) is 2.29. The number of benzene rings is 1. The number of rotatable bonds is 8. The molecule has 0 bridgehead atoms. The molecule has 0 radical (unpaired) electrons. The largest absolute Gasteiger partial charge is 0.399 e. The van der Waals surface area contributed by atoms with Crippen molar-refractivity contribution in [3.8, 4) is 0 Å². The van der Waals surface area contributed by atoms with Crippen molar-refractivity contribution in [2.75, 3.05) is 12.3 Å². The molecule has 1 rings (SSSR count). The van der Waals surface area contributed by atoms with E-state index in [1.54, 1.807) is 6.92 Å². The number of hydrogen-bond acceptors (Lipinski definition) is 2. The van der Waals surface area contributed by atoms with Crippen LogP contribution >= 0.6 is 0 Å². The monoisotopic (exact) mass is 294 g/mol. The Balaban J connectivity index is 2.32. The number of carbonyl (C=O) groups is 1. The highest BCUT2D eigenvalue weighted by molar-refractivity contribution is 5.95. The lowest BCUT2D eigenvalue weighted by Crippen LogP contribution is -2.25. The van der Waals surface area contributed by atoms with Crippen LogP contribution < -0.4 is 11.1 Å². The van der Waals surface area contributed by atoms with Gasteiger partial charge in [0.25, 0.3) is 5.91 Å². The number of hydrogen-bond donors (Lipinski definition) is 2. The Morgan fingerprint density at radius 3 is 2.57 bits per heavy atom. The third kappa shape index (κ3) is 6.15. The Bertz CT molecular complexity index is 472. The van der Waals surface area contributed by atoms with Gasteiger partial charge in [-0.3, -0.25) is 4.79 Å². The van der Waals surface area contributed by atoms with Crippen molar-refractivity contribution in [1.29, 1.82) is 0 Å². The minimum absolute atomic E-state index is 0.0345. The van der Waals surface area contributed by atoms with E-state index in [2.05, 4.69) is 19.2 Å². The number of nitrogen functional groups attached to an aromatic ring is 1. The summed E-state index contributed by atoms with van der Waals surface area (Å²) < 4.78 is 13.9. The third-order valence-corrected chi connectivity index (χ3v) is 3.52. The zero-order valence-corrected chi connectivity index (χ0v) is 13.3. The summed E-state index contributed by atoms with van der Waals surface area (Å²) >= 11 is 0. The van der Waals surface area contributed by atoms with Crippen molar-refractivity contribution in [2.24, 2.45) is 5.92 Å². The van der Waals surface area contributed by atoms with Gasteiger partial charge < -0.3 is 11.1 Å². The molecule has 21 heavy (non-hydrogen) atoms. The van der Waals surface area contributed by atoms with Gasteiger partial charge in [-0.05, 0) is 37.0 Å². The van der Waals surface area contributed by atoms with Gasteiger partial charge in [0, 0.05) is 12.2 Å². The summed E-state index contributed by atoms with van der Waals surface area (Å²) in [6.07, 6.45) is 5.67. The molecule has 1 aromatic carbocycles. The fourth-order valence-corrected chi connectivity index (χ4v) is 2.29. The fraction of sp³-hybridized carbons (Fsp3) is 0.588. The van der Waals surface area contributed by atoms with Crippen LogP contribution in [0.2, 0.25) is 0 Å². The summed E-state index contributed by atoms with van der Waals surface area (Å²) in [5.74, 6) is -0.122. The molecule has 0 saturated carbocycles. The van der Waals surface area contributed by atoms with Gasteiger partial charge in [-0.2, -0.15) is 0 Å². The second-order valence-corrected chi connectivity index (χ2v) is 6.05. The first kappa shape index (κ1) is 17.5. The summed E-state index contributed by atoms with van der Waals surface area (Å²) in [6.45, 7) is 6.63. The molecule has 0 saturated heterocycles. The molecule has 4 heteroatoms. The van der Waals surface area contributed by atoms with Gasteiger partial charge >= 0.3 is 0 Å². The SMILES string of the molecule is Cc1cc(N)cc(C(=O)NCCCCCCC(C)C)c1F. The van der Waals surface area contributed by atoms with Gasteiger partial charge in [-0.15, -0.1) is 0 Å². The van der Waals surface area contributed by atoms with Crippen LogP contribution in [0.5, 0.6) is 0 Å². The minimum Gasteiger partial charge on any atom is -0.399 e. The standard InChI is InChI=1S/C17H27FN2O/c1-12(2)8-6-4-5-7-9-20-17(21)15-11-14(19)10-13(3)16(15)18/h10-12H,4-9,19H2,1-3H3,(H,20,21). The molecular weight excluding hydrogens is 267 g/mol. The van der Waals surface area contributed by atoms with Crippen LogP contribution in [0.25, 0.3) is 0 Å². The highest BCUT2D eigenvalue weighted by Gasteiger charge is 2.14. The second-order valence-electron chi connectivity index (χ2n) is 6.05. The van der Waals surface area contributed by atoms with Crippen molar-refractivity contribution >= 4 is 11.6 Å². The van der Waals surface area contributed by atoms with Crippen LogP contribution in [-0.2, 0) is 0 Å². The molecule has 0 aliphatic carbocycles. The zero-order valence-electron chi connectivity index (χ0n) is 13.3. The first-order valence-corrected chi connectivity index (χ1v) is 7.75. The molecule has 3 N–H and O–H groups in total. The molecular formula is C17H27FN2O. The predicted molar refractivity (Wildman–Crippen MR) is 85.8 cm³/mol. The van der Waals surface area contributed by atoms with Crippen molar-refractivity contribution in [3.63, 3.8) is 0 Å². The molecule has 0 spiro atoms. The zero-order chi connectivity index (χ0) is 15.8. The number of anilines is 1. The van der Waals surface area contributed by atoms with Crippen molar-refractivity contribution in [3.05, 3.63) is 29.1 Å². The third-order valence-electron chi connectivity index (χ3n) is 3.52. The first-order chi connectivity index (χ1) is 9.91. The average Bonchev–Trinajstić information content (AvgIpc) is 2.41. The van der Waals surface area contributed by atoms with Gasteiger partial charge in [0.15, 0.2) is 0 Å². The first-order valence-electron chi connectivity index (χ1n) is 7.75. The van der Waals surface area contributed by atoms with E-state index in [0.717, 1.165) is 18.8 Å². The van der Waals surface area contributed by atoms with E-state index in [1.807, 2.05) is 0 Å². The molecule has 1 aromatic rings. The van der Waals surface area contributed by atoms with Gasteiger partial charge in [0.1, 0.15) is 5.82 Å². The summed E-state index contributed by atoms with van der Waals surface area (Å²) in [6, 6.07) is 2.92. The molecule has 3 nitrogen and oxygen atoms in total. The summed E-state index contributed by atoms with van der Waals surface area (Å²) in [4.78, 5) is 11.9. The number of amides is 1. The Morgan fingerprint density at radius 2 is 1.90 bits per heavy atom. The Labute approximate surface area is 127 Å². The van der Waals surface area contributed by atoms with E-state index >= 15 is 0 Å².